The summed E-state index contributed by atoms with van der Waals surface area (Å²) in [5, 5.41) is 4.34. The number of rotatable bonds is 6. The van der Waals surface area contributed by atoms with Crippen molar-refractivity contribution in [2.24, 2.45) is 28.1 Å². The van der Waals surface area contributed by atoms with Gasteiger partial charge in [0, 0.05) is 17.5 Å². The lowest BCUT2D eigenvalue weighted by Gasteiger charge is -2.59. The van der Waals surface area contributed by atoms with E-state index in [-0.39, 0.29) is 5.41 Å². The van der Waals surface area contributed by atoms with Gasteiger partial charge in [0.1, 0.15) is 0 Å². The first-order valence-electron chi connectivity index (χ1n) is 14.8. The molecular weight excluding hydrogens is 434 g/mol. The predicted molar refractivity (Wildman–Crippen MR) is 160 cm³/mol. The van der Waals surface area contributed by atoms with E-state index in [4.69, 9.17) is 0 Å². The molecular formula is C35H55N. The fourth-order valence-electron chi connectivity index (χ4n) is 7.91. The first-order valence-corrected chi connectivity index (χ1v) is 14.8. The van der Waals surface area contributed by atoms with Crippen molar-refractivity contribution in [2.75, 3.05) is 0 Å². The smallest absolute Gasteiger partial charge is 0.0285 e. The molecule has 0 amide bonds. The first kappa shape index (κ1) is 29.0. The van der Waals surface area contributed by atoms with E-state index in [1.807, 2.05) is 6.08 Å². The van der Waals surface area contributed by atoms with E-state index in [0.717, 1.165) is 0 Å². The van der Waals surface area contributed by atoms with Crippen molar-refractivity contribution >= 4 is 0 Å². The molecule has 3 fully saturated rings. The highest BCUT2D eigenvalue weighted by Crippen LogP contribution is 2.61. The molecule has 0 radical (unpaired) electrons. The Hall–Kier alpha value is -1.60. The Morgan fingerprint density at radius 3 is 1.92 bits per heavy atom. The molecule has 0 aromatic carbocycles. The van der Waals surface area contributed by atoms with Crippen LogP contribution in [0.15, 0.2) is 72.4 Å². The summed E-state index contributed by atoms with van der Waals surface area (Å²) >= 11 is 0. The van der Waals surface area contributed by atoms with Gasteiger partial charge in [-0.3, -0.25) is 0 Å². The lowest BCUT2D eigenvalue weighted by atomic mass is 9.49. The second kappa shape index (κ2) is 12.3. The number of allylic oxidation sites excluding steroid dienone is 11. The maximum atomic E-state index is 4.34. The van der Waals surface area contributed by atoms with Crippen molar-refractivity contribution < 1.29 is 0 Å². The number of nitrogens with one attached hydrogen (secondary N) is 1. The molecule has 5 unspecified atom stereocenters. The Kier molecular flexibility index (Phi) is 9.89. The second-order valence-corrected chi connectivity index (χ2v) is 13.3. The Morgan fingerprint density at radius 2 is 1.33 bits per heavy atom. The maximum Gasteiger partial charge on any atom is 0.0285 e. The second-order valence-electron chi connectivity index (χ2n) is 13.3. The van der Waals surface area contributed by atoms with Gasteiger partial charge in [-0.15, -0.1) is 0 Å². The van der Waals surface area contributed by atoms with Gasteiger partial charge in [0.25, 0.3) is 0 Å². The molecule has 1 N–H and O–H groups in total. The van der Waals surface area contributed by atoms with Crippen LogP contribution in [0.5, 0.6) is 0 Å². The van der Waals surface area contributed by atoms with Crippen LogP contribution < -0.4 is 5.32 Å². The van der Waals surface area contributed by atoms with E-state index >= 15 is 0 Å². The largest absolute Gasteiger partial charge is 0.311 e. The zero-order valence-corrected chi connectivity index (χ0v) is 24.6. The fraction of sp³-hybridized carbons (Fsp3) is 0.657. The molecule has 1 nitrogen and oxygen atoms in total. The van der Waals surface area contributed by atoms with Crippen LogP contribution in [-0.4, -0.2) is 12.1 Å². The Bertz CT molecular complexity index is 892. The predicted octanol–water partition coefficient (Wildman–Crippen LogP) is 9.90. The molecule has 5 atom stereocenters. The van der Waals surface area contributed by atoms with E-state index in [1.165, 1.54) is 68.9 Å². The van der Waals surface area contributed by atoms with Crippen LogP contribution in [0.4, 0.5) is 0 Å². The van der Waals surface area contributed by atoms with Crippen molar-refractivity contribution in [1.82, 2.24) is 5.32 Å². The van der Waals surface area contributed by atoms with E-state index in [1.54, 1.807) is 0 Å². The lowest BCUT2D eigenvalue weighted by molar-refractivity contribution is 0.0103. The van der Waals surface area contributed by atoms with E-state index in [0.29, 0.717) is 34.7 Å². The molecule has 3 aliphatic rings. The van der Waals surface area contributed by atoms with Crippen molar-refractivity contribution in [3.63, 3.8) is 0 Å². The minimum Gasteiger partial charge on any atom is -0.311 e. The summed E-state index contributed by atoms with van der Waals surface area (Å²) in [4.78, 5) is 0. The number of hydrogen-bond acceptors (Lipinski definition) is 1. The zero-order chi connectivity index (χ0) is 26.4. The highest BCUT2D eigenvalue weighted by atomic mass is 15.0. The maximum absolute atomic E-state index is 4.34. The molecule has 0 bridgehead atoms. The van der Waals surface area contributed by atoms with Gasteiger partial charge >= 0.3 is 0 Å². The molecule has 1 saturated heterocycles. The van der Waals surface area contributed by atoms with Crippen LogP contribution in [0.25, 0.3) is 0 Å². The van der Waals surface area contributed by atoms with Gasteiger partial charge in [-0.1, -0.05) is 95.4 Å². The van der Waals surface area contributed by atoms with Crippen molar-refractivity contribution in [3.05, 3.63) is 72.4 Å². The Labute approximate surface area is 224 Å². The van der Waals surface area contributed by atoms with E-state index < -0.39 is 0 Å². The zero-order valence-electron chi connectivity index (χ0n) is 24.6. The summed E-state index contributed by atoms with van der Waals surface area (Å²) in [6, 6.07) is 1.11. The standard InChI is InChI=1S/C35H55N/c1-9-13-17-27(12-4)35(28(16-11-3)18-14-10-2)29-19-15-23-33(5,6)25-21-31(29)36-32-22-26-34(7,8)24-20-30(32)35/h9-14,16-18,29-32,36H,1,15,19-26H2,2-8H3/b14-10-,16-11-,17-13-,27-12+,28-18+. The summed E-state index contributed by atoms with van der Waals surface area (Å²) in [7, 11) is 0. The Balaban J connectivity index is 2.33. The van der Waals surface area contributed by atoms with Gasteiger partial charge in [-0.2, -0.15) is 0 Å². The highest BCUT2D eigenvalue weighted by molar-refractivity contribution is 5.47. The van der Waals surface area contributed by atoms with Crippen LogP contribution in [0.1, 0.15) is 106 Å². The molecule has 1 heterocycles. The summed E-state index contributed by atoms with van der Waals surface area (Å²) in [5.74, 6) is 1.17. The monoisotopic (exact) mass is 489 g/mol. The molecule has 36 heavy (non-hydrogen) atoms. The normalized spacial score (nSPS) is 35.8. The van der Waals surface area contributed by atoms with Crippen molar-refractivity contribution in [2.45, 2.75) is 118 Å². The van der Waals surface area contributed by atoms with Gasteiger partial charge in [0.05, 0.1) is 0 Å². The minimum atomic E-state index is 0.00274. The van der Waals surface area contributed by atoms with E-state index in [9.17, 15) is 0 Å². The molecule has 1 aliphatic heterocycles. The summed E-state index contributed by atoms with van der Waals surface area (Å²) in [6.45, 7) is 20.6. The third-order valence-corrected chi connectivity index (χ3v) is 9.83. The fourth-order valence-corrected chi connectivity index (χ4v) is 7.91. The van der Waals surface area contributed by atoms with Crippen LogP contribution in [0, 0.1) is 28.1 Å². The third-order valence-electron chi connectivity index (χ3n) is 9.83. The number of fused-ring (bicyclic) bond motifs is 2. The third kappa shape index (κ3) is 6.09. The van der Waals surface area contributed by atoms with Crippen LogP contribution >= 0.6 is 0 Å². The number of hydrogen-bond donors (Lipinski definition) is 1. The van der Waals surface area contributed by atoms with Gasteiger partial charge in [0.15, 0.2) is 0 Å². The SMILES string of the molecule is C=C/C=C\C(=C/C)C1(C(/C=C\C)=C/C=C\C)C2CCCC(C)(C)CCC2NC2CCC(C)(C)CCC21. The molecule has 0 aromatic rings. The molecule has 0 aromatic heterocycles. The molecule has 0 spiro atoms. The van der Waals surface area contributed by atoms with Crippen LogP contribution in [0.2, 0.25) is 0 Å². The molecule has 2 saturated carbocycles. The topological polar surface area (TPSA) is 12.0 Å². The van der Waals surface area contributed by atoms with E-state index in [2.05, 4.69) is 109 Å². The van der Waals surface area contributed by atoms with Crippen molar-refractivity contribution in [3.8, 4) is 0 Å². The minimum absolute atomic E-state index is 0.00274. The van der Waals surface area contributed by atoms with Gasteiger partial charge in [-0.25, -0.2) is 0 Å². The molecule has 2 aliphatic carbocycles. The molecule has 3 rings (SSSR count). The van der Waals surface area contributed by atoms with Crippen molar-refractivity contribution in [1.29, 1.82) is 0 Å². The van der Waals surface area contributed by atoms with Gasteiger partial charge in [-0.05, 0) is 106 Å². The Morgan fingerprint density at radius 1 is 0.722 bits per heavy atom. The van der Waals surface area contributed by atoms with Crippen LogP contribution in [0.3, 0.4) is 0 Å². The molecule has 1 heteroatoms. The average molecular weight is 490 g/mol. The van der Waals surface area contributed by atoms with Gasteiger partial charge in [0.2, 0.25) is 0 Å². The van der Waals surface area contributed by atoms with Crippen LogP contribution in [-0.2, 0) is 0 Å². The highest BCUT2D eigenvalue weighted by Gasteiger charge is 2.57. The first-order chi connectivity index (χ1) is 17.1. The molecule has 200 valence electrons. The lowest BCUT2D eigenvalue weighted by Crippen LogP contribution is -2.63. The average Bonchev–Trinajstić information content (AvgIpc) is 2.98. The summed E-state index contributed by atoms with van der Waals surface area (Å²) in [5.41, 5.74) is 3.87. The van der Waals surface area contributed by atoms with Gasteiger partial charge < -0.3 is 5.32 Å². The quantitative estimate of drug-likeness (QED) is 0.366. The summed E-state index contributed by atoms with van der Waals surface area (Å²) < 4.78 is 0. The summed E-state index contributed by atoms with van der Waals surface area (Å²) in [6.07, 6.45) is 32.3. The number of piperidine rings is 1.